The van der Waals surface area contributed by atoms with Crippen LogP contribution in [0.15, 0.2) is 12.2 Å². The topological polar surface area (TPSA) is 44.4 Å². The Morgan fingerprint density at radius 2 is 2.29 bits per heavy atom. The van der Waals surface area contributed by atoms with Gasteiger partial charge >= 0.3 is 0 Å². The van der Waals surface area contributed by atoms with E-state index in [2.05, 4.69) is 34.7 Å². The molecule has 1 rings (SSSR count). The summed E-state index contributed by atoms with van der Waals surface area (Å²) in [6.45, 7) is 4.14. The molecule has 0 saturated carbocycles. The number of hydrogen-bond donors (Lipinski definition) is 2. The second-order valence-corrected chi connectivity index (χ2v) is 4.73. The fraction of sp³-hybridized carbons (Fsp3) is 0.769. The van der Waals surface area contributed by atoms with Gasteiger partial charge in [-0.2, -0.15) is 0 Å². The molecule has 2 atom stereocenters. The molecule has 1 heterocycles. The molecule has 1 amide bonds. The van der Waals surface area contributed by atoms with Crippen molar-refractivity contribution in [3.63, 3.8) is 0 Å². The number of amides is 1. The highest BCUT2D eigenvalue weighted by atomic mass is 16.2. The minimum Gasteiger partial charge on any atom is -0.358 e. The number of carbonyl (C=O) groups excluding carboxylic acids is 1. The zero-order valence-electron chi connectivity index (χ0n) is 11.2. The van der Waals surface area contributed by atoms with Crippen LogP contribution in [0.4, 0.5) is 0 Å². The Kier molecular flexibility index (Phi) is 6.22. The average Bonchev–Trinajstić information content (AvgIpc) is 2.77. The van der Waals surface area contributed by atoms with Crippen LogP contribution in [0.25, 0.3) is 0 Å². The van der Waals surface area contributed by atoms with Crippen molar-refractivity contribution < 1.29 is 4.79 Å². The normalized spacial score (nSPS) is 24.7. The van der Waals surface area contributed by atoms with E-state index >= 15 is 0 Å². The lowest BCUT2D eigenvalue weighted by Crippen LogP contribution is -2.44. The third-order valence-electron chi connectivity index (χ3n) is 3.25. The van der Waals surface area contributed by atoms with Crippen molar-refractivity contribution >= 4 is 5.91 Å². The number of hydrogen-bond acceptors (Lipinski definition) is 3. The third kappa shape index (κ3) is 4.88. The van der Waals surface area contributed by atoms with Crippen LogP contribution in [0.5, 0.6) is 0 Å². The number of nitrogens with zero attached hydrogens (tertiary/aromatic N) is 1. The van der Waals surface area contributed by atoms with Crippen LogP contribution in [0.1, 0.15) is 26.2 Å². The molecule has 1 saturated heterocycles. The summed E-state index contributed by atoms with van der Waals surface area (Å²) in [6, 6.07) is 0.460. The first-order valence-electron chi connectivity index (χ1n) is 6.44. The van der Waals surface area contributed by atoms with E-state index in [-0.39, 0.29) is 11.9 Å². The highest BCUT2D eigenvalue weighted by Crippen LogP contribution is 2.13. The van der Waals surface area contributed by atoms with Gasteiger partial charge in [-0.15, -0.1) is 0 Å². The predicted octanol–water partition coefficient (Wildman–Crippen LogP) is 0.751. The van der Waals surface area contributed by atoms with Crippen LogP contribution < -0.4 is 10.6 Å². The zero-order valence-corrected chi connectivity index (χ0v) is 11.2. The van der Waals surface area contributed by atoms with E-state index in [0.717, 1.165) is 32.4 Å². The number of rotatable bonds is 6. The van der Waals surface area contributed by atoms with Crippen LogP contribution >= 0.6 is 0 Å². The molecular weight excluding hydrogens is 214 g/mol. The SMILES string of the molecule is C/C=C/CCN(C)CC1CCC(C(=O)NC)N1. The number of allylic oxidation sites excluding steroid dienone is 1. The van der Waals surface area contributed by atoms with Gasteiger partial charge in [0.15, 0.2) is 0 Å². The van der Waals surface area contributed by atoms with E-state index in [1.54, 1.807) is 7.05 Å². The van der Waals surface area contributed by atoms with Gasteiger partial charge in [0.05, 0.1) is 6.04 Å². The molecule has 0 bridgehead atoms. The second-order valence-electron chi connectivity index (χ2n) is 4.73. The summed E-state index contributed by atoms with van der Waals surface area (Å²) in [5, 5.41) is 6.09. The number of likely N-dealkylation sites (N-methyl/N-ethyl adjacent to an activating group) is 2. The maximum absolute atomic E-state index is 11.5. The summed E-state index contributed by atoms with van der Waals surface area (Å²) in [5.74, 6) is 0.115. The lowest BCUT2D eigenvalue weighted by molar-refractivity contribution is -0.122. The van der Waals surface area contributed by atoms with E-state index in [1.807, 2.05) is 6.92 Å². The van der Waals surface area contributed by atoms with Crippen molar-refractivity contribution in [1.82, 2.24) is 15.5 Å². The molecule has 1 fully saturated rings. The number of carbonyl (C=O) groups is 1. The van der Waals surface area contributed by atoms with E-state index in [4.69, 9.17) is 0 Å². The van der Waals surface area contributed by atoms with Gasteiger partial charge in [0.1, 0.15) is 0 Å². The Labute approximate surface area is 104 Å². The van der Waals surface area contributed by atoms with Crippen LogP contribution in [-0.2, 0) is 4.79 Å². The Hall–Kier alpha value is -0.870. The van der Waals surface area contributed by atoms with Gasteiger partial charge in [0.2, 0.25) is 5.91 Å². The Morgan fingerprint density at radius 3 is 2.94 bits per heavy atom. The first-order valence-corrected chi connectivity index (χ1v) is 6.44. The quantitative estimate of drug-likeness (QED) is 0.672. The predicted molar refractivity (Wildman–Crippen MR) is 70.9 cm³/mol. The molecule has 0 radical (unpaired) electrons. The lowest BCUT2D eigenvalue weighted by atomic mass is 10.2. The van der Waals surface area contributed by atoms with Crippen LogP contribution in [0, 0.1) is 0 Å². The van der Waals surface area contributed by atoms with Crippen molar-refractivity contribution in [2.75, 3.05) is 27.2 Å². The lowest BCUT2D eigenvalue weighted by Gasteiger charge is -2.21. The van der Waals surface area contributed by atoms with E-state index in [0.29, 0.717) is 6.04 Å². The smallest absolute Gasteiger partial charge is 0.236 e. The fourth-order valence-electron chi connectivity index (χ4n) is 2.27. The summed E-state index contributed by atoms with van der Waals surface area (Å²) < 4.78 is 0. The summed E-state index contributed by atoms with van der Waals surface area (Å²) in [4.78, 5) is 13.8. The van der Waals surface area contributed by atoms with Crippen molar-refractivity contribution in [3.8, 4) is 0 Å². The largest absolute Gasteiger partial charge is 0.358 e. The average molecular weight is 239 g/mol. The van der Waals surface area contributed by atoms with Gasteiger partial charge in [0.25, 0.3) is 0 Å². The summed E-state index contributed by atoms with van der Waals surface area (Å²) in [6.07, 6.45) is 7.41. The summed E-state index contributed by atoms with van der Waals surface area (Å²) in [5.41, 5.74) is 0. The third-order valence-corrected chi connectivity index (χ3v) is 3.25. The highest BCUT2D eigenvalue weighted by molar-refractivity contribution is 5.81. The molecule has 2 N–H and O–H groups in total. The van der Waals surface area contributed by atoms with Gasteiger partial charge in [-0.25, -0.2) is 0 Å². The van der Waals surface area contributed by atoms with Gasteiger partial charge < -0.3 is 15.5 Å². The Morgan fingerprint density at radius 1 is 1.53 bits per heavy atom. The molecule has 0 aromatic heterocycles. The van der Waals surface area contributed by atoms with E-state index in [1.165, 1.54) is 0 Å². The summed E-state index contributed by atoms with van der Waals surface area (Å²) in [7, 11) is 3.83. The van der Waals surface area contributed by atoms with Crippen molar-refractivity contribution in [3.05, 3.63) is 12.2 Å². The van der Waals surface area contributed by atoms with Crippen molar-refractivity contribution in [2.24, 2.45) is 0 Å². The van der Waals surface area contributed by atoms with Crippen LogP contribution in [-0.4, -0.2) is 50.1 Å². The maximum atomic E-state index is 11.5. The minimum atomic E-state index is 0.00828. The first-order chi connectivity index (χ1) is 8.17. The maximum Gasteiger partial charge on any atom is 0.236 e. The highest BCUT2D eigenvalue weighted by Gasteiger charge is 2.28. The number of nitrogens with one attached hydrogen (secondary N) is 2. The van der Waals surface area contributed by atoms with Gasteiger partial charge in [-0.1, -0.05) is 12.2 Å². The van der Waals surface area contributed by atoms with Crippen molar-refractivity contribution in [2.45, 2.75) is 38.3 Å². The molecule has 1 aliphatic rings. The van der Waals surface area contributed by atoms with E-state index in [9.17, 15) is 4.79 Å². The van der Waals surface area contributed by atoms with Crippen LogP contribution in [0.3, 0.4) is 0 Å². The monoisotopic (exact) mass is 239 g/mol. The Bertz CT molecular complexity index is 265. The molecule has 4 heteroatoms. The fourth-order valence-corrected chi connectivity index (χ4v) is 2.27. The molecule has 4 nitrogen and oxygen atoms in total. The Balaban J connectivity index is 2.22. The van der Waals surface area contributed by atoms with Gasteiger partial charge in [-0.3, -0.25) is 4.79 Å². The van der Waals surface area contributed by atoms with E-state index < -0.39 is 0 Å². The molecule has 98 valence electrons. The molecule has 2 unspecified atom stereocenters. The van der Waals surface area contributed by atoms with Gasteiger partial charge in [0, 0.05) is 26.2 Å². The second kappa shape index (κ2) is 7.45. The van der Waals surface area contributed by atoms with Crippen molar-refractivity contribution in [1.29, 1.82) is 0 Å². The molecule has 0 aromatic rings. The van der Waals surface area contributed by atoms with Gasteiger partial charge in [-0.05, 0) is 33.2 Å². The molecule has 0 aromatic carbocycles. The molecule has 1 aliphatic heterocycles. The molecule has 0 aliphatic carbocycles. The standard InChI is InChI=1S/C13H25N3O/c1-4-5-6-9-16(3)10-11-7-8-12(15-11)13(17)14-2/h4-5,11-12,15H,6-10H2,1-3H3,(H,14,17)/b5-4+. The zero-order chi connectivity index (χ0) is 12.7. The van der Waals surface area contributed by atoms with Crippen LogP contribution in [0.2, 0.25) is 0 Å². The molecular formula is C13H25N3O. The molecule has 0 spiro atoms. The summed E-state index contributed by atoms with van der Waals surface area (Å²) >= 11 is 0. The first kappa shape index (κ1) is 14.2. The molecule has 17 heavy (non-hydrogen) atoms. The minimum absolute atomic E-state index is 0.00828.